The highest BCUT2D eigenvalue weighted by molar-refractivity contribution is 5.79. The Morgan fingerprint density at radius 3 is 2.35 bits per heavy atom. The second-order valence-electron chi connectivity index (χ2n) is 9.35. The number of ether oxygens (including phenoxy) is 1. The summed E-state index contributed by atoms with van der Waals surface area (Å²) >= 11 is 0. The molecule has 2 fully saturated rings. The third-order valence-corrected chi connectivity index (χ3v) is 7.25. The Kier molecular flexibility index (Phi) is 6.32. The van der Waals surface area contributed by atoms with Gasteiger partial charge < -0.3 is 9.64 Å². The minimum absolute atomic E-state index is 0.0131. The molecule has 0 spiro atoms. The second kappa shape index (κ2) is 9.49. The van der Waals surface area contributed by atoms with Crippen molar-refractivity contribution in [2.45, 2.75) is 69.7 Å². The first-order chi connectivity index (χ1) is 15.3. The van der Waals surface area contributed by atoms with Gasteiger partial charge >= 0.3 is 0 Å². The summed E-state index contributed by atoms with van der Waals surface area (Å²) in [7, 11) is 0. The van der Waals surface area contributed by atoms with E-state index in [0.717, 1.165) is 37.9 Å². The molecule has 2 heterocycles. The Bertz CT molecular complexity index is 856. The zero-order valence-corrected chi connectivity index (χ0v) is 18.3. The summed E-state index contributed by atoms with van der Waals surface area (Å²) in [4.78, 5) is 22.4. The molecule has 2 aromatic rings. The number of rotatable bonds is 5. The van der Waals surface area contributed by atoms with Gasteiger partial charge in [0.2, 0.25) is 5.91 Å². The Labute approximate surface area is 185 Å². The standard InChI is InChI=1S/C26H33N3O2/c30-26-18-28(24-14-20-8-4-5-9-21(20)15-24)16-25(31-19-22-10-6-7-13-27-22)17-29(26)23-11-2-1-3-12-23/h4-10,13,23-25H,1-3,11-12,14-19H2. The SMILES string of the molecule is O=C1CN(C2Cc3ccccc3C2)CC(OCc2ccccn2)CN1C1CCCCC1. The molecule has 5 heteroatoms. The van der Waals surface area contributed by atoms with Crippen LogP contribution in [0, 0.1) is 0 Å². The summed E-state index contributed by atoms with van der Waals surface area (Å²) in [6.07, 6.45) is 9.90. The van der Waals surface area contributed by atoms with Crippen LogP contribution >= 0.6 is 0 Å². The van der Waals surface area contributed by atoms with Crippen molar-refractivity contribution in [2.75, 3.05) is 19.6 Å². The number of aromatic nitrogens is 1. The van der Waals surface area contributed by atoms with Crippen LogP contribution in [-0.2, 0) is 29.0 Å². The molecule has 3 aliphatic rings. The van der Waals surface area contributed by atoms with Crippen molar-refractivity contribution >= 4 is 5.91 Å². The van der Waals surface area contributed by atoms with E-state index in [2.05, 4.69) is 39.0 Å². The fourth-order valence-corrected chi connectivity index (χ4v) is 5.58. The van der Waals surface area contributed by atoms with Gasteiger partial charge in [0.1, 0.15) is 0 Å². The lowest BCUT2D eigenvalue weighted by Gasteiger charge is -2.35. The maximum Gasteiger partial charge on any atom is 0.237 e. The Morgan fingerprint density at radius 2 is 1.65 bits per heavy atom. The number of hydrogen-bond donors (Lipinski definition) is 0. The number of fused-ring (bicyclic) bond motifs is 1. The van der Waals surface area contributed by atoms with Crippen molar-refractivity contribution in [2.24, 2.45) is 0 Å². The summed E-state index contributed by atoms with van der Waals surface area (Å²) in [6.45, 7) is 2.52. The lowest BCUT2D eigenvalue weighted by Crippen LogP contribution is -2.46. The van der Waals surface area contributed by atoms with E-state index >= 15 is 0 Å². The third kappa shape index (κ3) is 4.83. The van der Waals surface area contributed by atoms with Crippen LogP contribution in [0.3, 0.4) is 0 Å². The molecule has 0 bridgehead atoms. The van der Waals surface area contributed by atoms with Gasteiger partial charge in [-0.25, -0.2) is 0 Å². The van der Waals surface area contributed by atoms with E-state index in [1.54, 1.807) is 0 Å². The molecular formula is C26H33N3O2. The summed E-state index contributed by atoms with van der Waals surface area (Å²) in [5, 5.41) is 0. The quantitative estimate of drug-likeness (QED) is 0.743. The van der Waals surface area contributed by atoms with Crippen molar-refractivity contribution in [1.82, 2.24) is 14.8 Å². The van der Waals surface area contributed by atoms with Crippen LogP contribution in [0.25, 0.3) is 0 Å². The van der Waals surface area contributed by atoms with Crippen molar-refractivity contribution in [1.29, 1.82) is 0 Å². The van der Waals surface area contributed by atoms with E-state index in [4.69, 9.17) is 4.74 Å². The van der Waals surface area contributed by atoms with Crippen LogP contribution in [0.1, 0.15) is 48.9 Å². The first kappa shape index (κ1) is 20.7. The molecule has 1 saturated heterocycles. The Hall–Kier alpha value is -2.24. The van der Waals surface area contributed by atoms with E-state index in [1.807, 2.05) is 24.4 Å². The van der Waals surface area contributed by atoms with Crippen molar-refractivity contribution < 1.29 is 9.53 Å². The van der Waals surface area contributed by atoms with Gasteiger partial charge in [-0.2, -0.15) is 0 Å². The molecule has 0 radical (unpaired) electrons. The first-order valence-electron chi connectivity index (χ1n) is 11.9. The highest BCUT2D eigenvalue weighted by Crippen LogP contribution is 2.29. The van der Waals surface area contributed by atoms with Gasteiger partial charge in [0.15, 0.2) is 0 Å². The first-order valence-corrected chi connectivity index (χ1v) is 11.9. The maximum atomic E-state index is 13.4. The maximum absolute atomic E-state index is 13.4. The van der Waals surface area contributed by atoms with Crippen LogP contribution in [-0.4, -0.2) is 58.5 Å². The summed E-state index contributed by atoms with van der Waals surface area (Å²) in [5.74, 6) is 0.284. The van der Waals surface area contributed by atoms with Gasteiger partial charge in [0.25, 0.3) is 0 Å². The predicted octanol–water partition coefficient (Wildman–Crippen LogP) is 3.61. The molecule has 1 aliphatic heterocycles. The average Bonchev–Trinajstić information content (AvgIpc) is 3.18. The molecule has 1 atom stereocenters. The van der Waals surface area contributed by atoms with Crippen LogP contribution in [0.2, 0.25) is 0 Å². The number of pyridine rings is 1. The molecule has 5 rings (SSSR count). The lowest BCUT2D eigenvalue weighted by atomic mass is 9.94. The fraction of sp³-hybridized carbons (Fsp3) is 0.538. The van der Waals surface area contributed by atoms with E-state index in [9.17, 15) is 4.79 Å². The Balaban J connectivity index is 1.32. The van der Waals surface area contributed by atoms with Gasteiger partial charge in [0, 0.05) is 31.4 Å². The minimum atomic E-state index is 0.0131. The van der Waals surface area contributed by atoms with Crippen LogP contribution < -0.4 is 0 Å². The largest absolute Gasteiger partial charge is 0.369 e. The Morgan fingerprint density at radius 1 is 0.903 bits per heavy atom. The average molecular weight is 420 g/mol. The second-order valence-corrected chi connectivity index (χ2v) is 9.35. The summed E-state index contributed by atoms with van der Waals surface area (Å²) in [6, 6.07) is 15.4. The molecule has 1 aromatic heterocycles. The molecule has 0 N–H and O–H groups in total. The third-order valence-electron chi connectivity index (χ3n) is 7.25. The number of amides is 1. The normalized spacial score (nSPS) is 23.7. The number of nitrogens with zero attached hydrogens (tertiary/aromatic N) is 3. The molecule has 164 valence electrons. The van der Waals surface area contributed by atoms with Crippen molar-refractivity contribution in [3.8, 4) is 0 Å². The number of carbonyl (C=O) groups excluding carboxylic acids is 1. The van der Waals surface area contributed by atoms with Gasteiger partial charge in [-0.3, -0.25) is 14.7 Å². The zero-order valence-electron chi connectivity index (χ0n) is 18.3. The highest BCUT2D eigenvalue weighted by atomic mass is 16.5. The van der Waals surface area contributed by atoms with E-state index in [-0.39, 0.29) is 12.0 Å². The smallest absolute Gasteiger partial charge is 0.237 e. The fourth-order valence-electron chi connectivity index (χ4n) is 5.58. The van der Waals surface area contributed by atoms with Crippen LogP contribution in [0.4, 0.5) is 0 Å². The van der Waals surface area contributed by atoms with Gasteiger partial charge in [-0.15, -0.1) is 0 Å². The van der Waals surface area contributed by atoms with Crippen LogP contribution in [0.5, 0.6) is 0 Å². The lowest BCUT2D eigenvalue weighted by molar-refractivity contribution is -0.135. The summed E-state index contributed by atoms with van der Waals surface area (Å²) in [5.41, 5.74) is 3.81. The van der Waals surface area contributed by atoms with Gasteiger partial charge in [-0.05, 0) is 48.9 Å². The minimum Gasteiger partial charge on any atom is -0.369 e. The van der Waals surface area contributed by atoms with Crippen LogP contribution in [0.15, 0.2) is 48.7 Å². The number of carbonyl (C=O) groups is 1. The zero-order chi connectivity index (χ0) is 21.0. The molecular weight excluding hydrogens is 386 g/mol. The van der Waals surface area contributed by atoms with Crippen molar-refractivity contribution in [3.05, 3.63) is 65.5 Å². The van der Waals surface area contributed by atoms with E-state index in [1.165, 1.54) is 30.4 Å². The molecule has 1 saturated carbocycles. The molecule has 1 amide bonds. The monoisotopic (exact) mass is 419 g/mol. The topological polar surface area (TPSA) is 45.7 Å². The van der Waals surface area contributed by atoms with E-state index in [0.29, 0.717) is 31.8 Å². The molecule has 5 nitrogen and oxygen atoms in total. The highest BCUT2D eigenvalue weighted by Gasteiger charge is 2.37. The number of hydrogen-bond acceptors (Lipinski definition) is 4. The van der Waals surface area contributed by atoms with Gasteiger partial charge in [0.05, 0.1) is 24.9 Å². The van der Waals surface area contributed by atoms with Gasteiger partial charge in [-0.1, -0.05) is 49.6 Å². The molecule has 31 heavy (non-hydrogen) atoms. The molecule has 1 unspecified atom stereocenters. The van der Waals surface area contributed by atoms with Crippen molar-refractivity contribution in [3.63, 3.8) is 0 Å². The summed E-state index contributed by atoms with van der Waals surface area (Å²) < 4.78 is 6.39. The molecule has 1 aromatic carbocycles. The molecule has 2 aliphatic carbocycles. The van der Waals surface area contributed by atoms with E-state index < -0.39 is 0 Å². The predicted molar refractivity (Wildman–Crippen MR) is 121 cm³/mol. The number of benzene rings is 1.